The second kappa shape index (κ2) is 7.96. The third kappa shape index (κ3) is 4.06. The van der Waals surface area contributed by atoms with E-state index in [-0.39, 0.29) is 12.0 Å². The summed E-state index contributed by atoms with van der Waals surface area (Å²) in [6.45, 7) is 5.42. The molecule has 24 heavy (non-hydrogen) atoms. The highest BCUT2D eigenvalue weighted by molar-refractivity contribution is 8.26. The van der Waals surface area contributed by atoms with E-state index in [9.17, 15) is 4.79 Å². The number of carbonyl (C=O) groups is 1. The lowest BCUT2D eigenvalue weighted by Crippen LogP contribution is -2.35. The maximum atomic E-state index is 12.6. The fraction of sp³-hybridized carbons (Fsp3) is 0.333. The molecule has 3 rings (SSSR count). The molecule has 2 aliphatic rings. The van der Waals surface area contributed by atoms with E-state index in [2.05, 4.69) is 6.58 Å². The summed E-state index contributed by atoms with van der Waals surface area (Å²) in [4.78, 5) is 14.9. The van der Waals surface area contributed by atoms with Crippen molar-refractivity contribution in [1.29, 1.82) is 0 Å². The van der Waals surface area contributed by atoms with Crippen LogP contribution in [-0.2, 0) is 9.53 Å². The summed E-state index contributed by atoms with van der Waals surface area (Å²) < 4.78 is 11.7. The largest absolute Gasteiger partial charge is 0.490 e. The predicted molar refractivity (Wildman–Crippen MR) is 101 cm³/mol. The van der Waals surface area contributed by atoms with Gasteiger partial charge in [-0.05, 0) is 36.6 Å². The van der Waals surface area contributed by atoms with Gasteiger partial charge in [-0.2, -0.15) is 0 Å². The van der Waals surface area contributed by atoms with Gasteiger partial charge in [-0.3, -0.25) is 9.69 Å². The zero-order valence-corrected chi connectivity index (χ0v) is 14.9. The van der Waals surface area contributed by atoms with E-state index < -0.39 is 0 Å². The van der Waals surface area contributed by atoms with Crippen LogP contribution in [0.1, 0.15) is 18.4 Å². The summed E-state index contributed by atoms with van der Waals surface area (Å²) in [6, 6.07) is 7.60. The Balaban J connectivity index is 1.67. The van der Waals surface area contributed by atoms with Crippen LogP contribution in [0.4, 0.5) is 0 Å². The lowest BCUT2D eigenvalue weighted by atomic mass is 10.2. The number of ether oxygens (including phenoxy) is 2. The molecule has 0 aromatic heterocycles. The number of thioether (sulfide) groups is 1. The van der Waals surface area contributed by atoms with Crippen molar-refractivity contribution in [2.75, 3.05) is 19.8 Å². The predicted octanol–water partition coefficient (Wildman–Crippen LogP) is 3.63. The lowest BCUT2D eigenvalue weighted by Gasteiger charge is -2.18. The third-order valence-corrected chi connectivity index (χ3v) is 5.21. The molecule has 2 heterocycles. The van der Waals surface area contributed by atoms with Crippen molar-refractivity contribution in [3.05, 3.63) is 47.4 Å². The Morgan fingerprint density at radius 3 is 2.88 bits per heavy atom. The normalized spacial score (nSPS) is 22.4. The number of carbonyl (C=O) groups excluding carboxylic acids is 1. The Hall–Kier alpha value is -1.63. The lowest BCUT2D eigenvalue weighted by molar-refractivity contribution is -0.123. The summed E-state index contributed by atoms with van der Waals surface area (Å²) in [7, 11) is 0. The zero-order chi connectivity index (χ0) is 16.9. The van der Waals surface area contributed by atoms with Crippen LogP contribution in [0.5, 0.6) is 5.75 Å². The topological polar surface area (TPSA) is 38.8 Å². The minimum atomic E-state index is -0.0347. The van der Waals surface area contributed by atoms with Gasteiger partial charge in [0.1, 0.15) is 16.7 Å². The molecule has 0 radical (unpaired) electrons. The van der Waals surface area contributed by atoms with Crippen LogP contribution in [-0.4, -0.2) is 41.0 Å². The fourth-order valence-corrected chi connectivity index (χ4v) is 3.89. The average Bonchev–Trinajstić information content (AvgIpc) is 3.19. The van der Waals surface area contributed by atoms with E-state index in [0.29, 0.717) is 22.4 Å². The van der Waals surface area contributed by atoms with Gasteiger partial charge >= 0.3 is 0 Å². The molecule has 1 aromatic rings. The SMILES string of the molecule is C=CCOc1ccc(/C=C2/SC(=S)N(C[C@@H]3CCCO3)C2=O)cc1. The third-order valence-electron chi connectivity index (χ3n) is 3.83. The van der Waals surface area contributed by atoms with E-state index >= 15 is 0 Å². The van der Waals surface area contributed by atoms with Gasteiger partial charge in [0.2, 0.25) is 0 Å². The Morgan fingerprint density at radius 2 is 2.21 bits per heavy atom. The van der Waals surface area contributed by atoms with Gasteiger partial charge in [-0.1, -0.05) is 48.8 Å². The smallest absolute Gasteiger partial charge is 0.266 e. The van der Waals surface area contributed by atoms with Crippen LogP contribution in [0.25, 0.3) is 6.08 Å². The first-order valence-corrected chi connectivity index (χ1v) is 9.10. The highest BCUT2D eigenvalue weighted by Crippen LogP contribution is 2.33. The Morgan fingerprint density at radius 1 is 1.42 bits per heavy atom. The molecule has 2 aliphatic heterocycles. The fourth-order valence-electron chi connectivity index (χ4n) is 2.62. The van der Waals surface area contributed by atoms with Gasteiger partial charge in [-0.15, -0.1) is 0 Å². The molecule has 0 unspecified atom stereocenters. The van der Waals surface area contributed by atoms with Crippen LogP contribution >= 0.6 is 24.0 Å². The number of rotatable bonds is 6. The van der Waals surface area contributed by atoms with Crippen LogP contribution in [0.2, 0.25) is 0 Å². The summed E-state index contributed by atoms with van der Waals surface area (Å²) in [6.07, 6.45) is 5.71. The molecule has 2 fully saturated rings. The van der Waals surface area contributed by atoms with Crippen molar-refractivity contribution in [2.24, 2.45) is 0 Å². The van der Waals surface area contributed by atoms with Crippen molar-refractivity contribution in [2.45, 2.75) is 18.9 Å². The van der Waals surface area contributed by atoms with Crippen LogP contribution in [0.15, 0.2) is 41.8 Å². The molecule has 1 amide bonds. The van der Waals surface area contributed by atoms with Gasteiger partial charge < -0.3 is 9.47 Å². The molecule has 0 saturated carbocycles. The molecule has 0 bridgehead atoms. The first-order chi connectivity index (χ1) is 11.7. The quantitative estimate of drug-likeness (QED) is 0.439. The molecule has 2 saturated heterocycles. The Kier molecular flexibility index (Phi) is 5.71. The second-order valence-corrected chi connectivity index (χ2v) is 7.27. The highest BCUT2D eigenvalue weighted by Gasteiger charge is 2.34. The first-order valence-electron chi connectivity index (χ1n) is 7.88. The van der Waals surface area contributed by atoms with E-state index in [4.69, 9.17) is 21.7 Å². The Bertz CT molecular complexity index is 663. The highest BCUT2D eigenvalue weighted by atomic mass is 32.2. The number of benzene rings is 1. The molecule has 1 aromatic carbocycles. The minimum Gasteiger partial charge on any atom is -0.490 e. The van der Waals surface area contributed by atoms with Crippen LogP contribution < -0.4 is 4.74 Å². The Labute approximate surface area is 151 Å². The standard InChI is InChI=1S/C18H19NO3S2/c1-2-9-21-14-7-5-13(6-8-14)11-16-17(20)19(18(23)24-16)12-15-4-3-10-22-15/h2,5-8,11,15H,1,3-4,9-10,12H2/b16-11+/t15-/m0/s1. The van der Waals surface area contributed by atoms with Crippen molar-refractivity contribution < 1.29 is 14.3 Å². The zero-order valence-electron chi connectivity index (χ0n) is 13.3. The van der Waals surface area contributed by atoms with Crippen molar-refractivity contribution in [3.8, 4) is 5.75 Å². The maximum absolute atomic E-state index is 12.6. The molecule has 0 N–H and O–H groups in total. The molecule has 0 aliphatic carbocycles. The number of amides is 1. The molecular weight excluding hydrogens is 342 g/mol. The van der Waals surface area contributed by atoms with Gasteiger partial charge in [0.05, 0.1) is 17.6 Å². The van der Waals surface area contributed by atoms with Gasteiger partial charge in [0, 0.05) is 6.61 Å². The molecule has 6 heteroatoms. The maximum Gasteiger partial charge on any atom is 0.266 e. The molecule has 4 nitrogen and oxygen atoms in total. The van der Waals surface area contributed by atoms with E-state index in [1.54, 1.807) is 11.0 Å². The van der Waals surface area contributed by atoms with Crippen molar-refractivity contribution in [1.82, 2.24) is 4.90 Å². The van der Waals surface area contributed by atoms with E-state index in [1.807, 2.05) is 30.3 Å². The van der Waals surface area contributed by atoms with Crippen LogP contribution in [0, 0.1) is 0 Å². The molecule has 126 valence electrons. The summed E-state index contributed by atoms with van der Waals surface area (Å²) >= 11 is 6.70. The minimum absolute atomic E-state index is 0.0347. The molecule has 1 atom stereocenters. The first kappa shape index (κ1) is 17.2. The van der Waals surface area contributed by atoms with Gasteiger partial charge in [0.25, 0.3) is 5.91 Å². The molecular formula is C18H19NO3S2. The van der Waals surface area contributed by atoms with Crippen LogP contribution in [0.3, 0.4) is 0 Å². The molecule has 0 spiro atoms. The number of thiocarbonyl (C=S) groups is 1. The van der Waals surface area contributed by atoms with Gasteiger partial charge in [-0.25, -0.2) is 0 Å². The summed E-state index contributed by atoms with van der Waals surface area (Å²) in [5.74, 6) is 0.741. The van der Waals surface area contributed by atoms with Crippen molar-refractivity contribution >= 4 is 40.3 Å². The number of hydrogen-bond donors (Lipinski definition) is 0. The average molecular weight is 361 g/mol. The van der Waals surface area contributed by atoms with Gasteiger partial charge in [0.15, 0.2) is 0 Å². The summed E-state index contributed by atoms with van der Waals surface area (Å²) in [5.41, 5.74) is 0.943. The van der Waals surface area contributed by atoms with Crippen molar-refractivity contribution in [3.63, 3.8) is 0 Å². The van der Waals surface area contributed by atoms with E-state index in [1.165, 1.54) is 11.8 Å². The number of nitrogens with zero attached hydrogens (tertiary/aromatic N) is 1. The second-order valence-electron chi connectivity index (χ2n) is 5.60. The summed E-state index contributed by atoms with van der Waals surface area (Å²) in [5, 5.41) is 0. The van der Waals surface area contributed by atoms with E-state index in [0.717, 1.165) is 30.8 Å². The monoisotopic (exact) mass is 361 g/mol. The number of hydrogen-bond acceptors (Lipinski definition) is 5.